The van der Waals surface area contributed by atoms with Gasteiger partial charge in [0, 0.05) is 17.7 Å². The van der Waals surface area contributed by atoms with Gasteiger partial charge in [-0.1, -0.05) is 24.3 Å². The number of allylic oxidation sites excluding steroid dienone is 1. The van der Waals surface area contributed by atoms with E-state index in [2.05, 4.69) is 11.9 Å². The Kier molecular flexibility index (Phi) is 8.33. The minimum Gasteiger partial charge on any atom is -0.490 e. The Morgan fingerprint density at radius 3 is 2.55 bits per heavy atom. The van der Waals surface area contributed by atoms with E-state index in [1.54, 1.807) is 37.3 Å². The number of nitrogens with zero attached hydrogens (tertiary/aromatic N) is 2. The predicted octanol–water partition coefficient (Wildman–Crippen LogP) is 5.11. The minimum atomic E-state index is -1.03. The number of ether oxygens (including phenoxy) is 2. The van der Waals surface area contributed by atoms with Crippen LogP contribution in [0.15, 0.2) is 78.9 Å². The van der Waals surface area contributed by atoms with Gasteiger partial charge in [-0.3, -0.25) is 25.0 Å². The second-order valence-electron chi connectivity index (χ2n) is 8.59. The normalized spacial score (nSPS) is 14.2. The van der Waals surface area contributed by atoms with Crippen molar-refractivity contribution in [2.45, 2.75) is 20.0 Å². The van der Waals surface area contributed by atoms with Crippen LogP contribution in [0.5, 0.6) is 11.5 Å². The molecule has 1 N–H and O–H groups in total. The summed E-state index contributed by atoms with van der Waals surface area (Å²) in [5, 5.41) is 13.3. The number of hydrogen-bond acceptors (Lipinski definition) is 7. The summed E-state index contributed by atoms with van der Waals surface area (Å²) in [6.07, 6.45) is 3.27. The zero-order chi connectivity index (χ0) is 28.8. The van der Waals surface area contributed by atoms with Gasteiger partial charge in [0.1, 0.15) is 18.0 Å². The number of carbonyl (C=O) groups is 3. The van der Waals surface area contributed by atoms with Gasteiger partial charge in [-0.05, 0) is 60.9 Å². The lowest BCUT2D eigenvalue weighted by Crippen LogP contribution is -2.54. The number of rotatable bonds is 10. The third kappa shape index (κ3) is 6.04. The van der Waals surface area contributed by atoms with Crippen LogP contribution in [0.1, 0.15) is 23.6 Å². The average molecular weight is 546 g/mol. The van der Waals surface area contributed by atoms with E-state index in [-0.39, 0.29) is 30.2 Å². The van der Waals surface area contributed by atoms with Crippen molar-refractivity contribution < 1.29 is 33.2 Å². The SMILES string of the molecule is C=CCc1cc(/C=C2\C(=O)NC(=O)N(c3cccc([N+](=O)[O-])c3)C2=O)cc(OCC)c1OCc1cccc(F)c1. The van der Waals surface area contributed by atoms with Gasteiger partial charge in [-0.2, -0.15) is 0 Å². The molecule has 1 aliphatic rings. The van der Waals surface area contributed by atoms with Crippen molar-refractivity contribution in [3.63, 3.8) is 0 Å². The third-order valence-corrected chi connectivity index (χ3v) is 5.80. The molecule has 4 amide bonds. The van der Waals surface area contributed by atoms with Crippen LogP contribution in [0.3, 0.4) is 0 Å². The molecule has 204 valence electrons. The van der Waals surface area contributed by atoms with E-state index in [1.165, 1.54) is 36.4 Å². The molecule has 0 spiro atoms. The predicted molar refractivity (Wildman–Crippen MR) is 144 cm³/mol. The van der Waals surface area contributed by atoms with Crippen molar-refractivity contribution in [2.24, 2.45) is 0 Å². The Hall–Kier alpha value is -5.32. The lowest BCUT2D eigenvalue weighted by Gasteiger charge is -2.26. The highest BCUT2D eigenvalue weighted by Gasteiger charge is 2.37. The van der Waals surface area contributed by atoms with E-state index < -0.39 is 28.6 Å². The Labute approximate surface area is 228 Å². The molecule has 4 rings (SSSR count). The summed E-state index contributed by atoms with van der Waals surface area (Å²) in [5.41, 5.74) is 0.855. The highest BCUT2D eigenvalue weighted by molar-refractivity contribution is 6.39. The van der Waals surface area contributed by atoms with E-state index in [0.717, 1.165) is 6.07 Å². The van der Waals surface area contributed by atoms with Crippen molar-refractivity contribution in [3.05, 3.63) is 112 Å². The van der Waals surface area contributed by atoms with E-state index in [0.29, 0.717) is 39.5 Å². The molecule has 1 aliphatic heterocycles. The third-order valence-electron chi connectivity index (χ3n) is 5.80. The fraction of sp³-hybridized carbons (Fsp3) is 0.138. The smallest absolute Gasteiger partial charge is 0.335 e. The molecule has 40 heavy (non-hydrogen) atoms. The summed E-state index contributed by atoms with van der Waals surface area (Å²) in [6, 6.07) is 13.1. The Balaban J connectivity index is 1.73. The van der Waals surface area contributed by atoms with Gasteiger partial charge in [0.15, 0.2) is 11.5 Å². The molecule has 1 fully saturated rings. The van der Waals surface area contributed by atoms with Gasteiger partial charge in [0.25, 0.3) is 17.5 Å². The summed E-state index contributed by atoms with van der Waals surface area (Å²) in [5.74, 6) is -1.57. The number of amides is 4. The van der Waals surface area contributed by atoms with Crippen LogP contribution in [0.4, 0.5) is 20.6 Å². The van der Waals surface area contributed by atoms with Gasteiger partial charge in [0.2, 0.25) is 0 Å². The van der Waals surface area contributed by atoms with Crippen LogP contribution < -0.4 is 19.7 Å². The van der Waals surface area contributed by atoms with Crippen LogP contribution in [0.25, 0.3) is 6.08 Å². The number of non-ortho nitro benzene ring substituents is 1. The zero-order valence-electron chi connectivity index (χ0n) is 21.4. The second-order valence-corrected chi connectivity index (χ2v) is 8.59. The van der Waals surface area contributed by atoms with Crippen LogP contribution in [-0.2, 0) is 22.6 Å². The molecule has 1 saturated heterocycles. The number of anilines is 1. The largest absolute Gasteiger partial charge is 0.490 e. The molecule has 0 bridgehead atoms. The standard InChI is InChI=1S/C29H24FN3O7/c1-3-7-20-12-19(15-25(39-4-2)26(20)40-17-18-8-5-9-21(30)13-18)14-24-27(34)31-29(36)32(28(24)35)22-10-6-11-23(16-22)33(37)38/h3,5-6,8-16H,1,4,7,17H2,2H3,(H,31,34,36)/b24-14+. The van der Waals surface area contributed by atoms with Gasteiger partial charge in [-0.25, -0.2) is 14.1 Å². The van der Waals surface area contributed by atoms with Crippen molar-refractivity contribution in [2.75, 3.05) is 11.5 Å². The van der Waals surface area contributed by atoms with Crippen LogP contribution in [0, 0.1) is 15.9 Å². The molecule has 0 aromatic heterocycles. The Bertz CT molecular complexity index is 1550. The second kappa shape index (κ2) is 12.0. The number of nitro groups is 1. The van der Waals surface area contributed by atoms with Crippen LogP contribution >= 0.6 is 0 Å². The first kappa shape index (κ1) is 27.7. The maximum Gasteiger partial charge on any atom is 0.335 e. The monoisotopic (exact) mass is 545 g/mol. The number of hydrogen-bond donors (Lipinski definition) is 1. The first-order valence-electron chi connectivity index (χ1n) is 12.2. The number of nitro benzene ring substituents is 1. The van der Waals surface area contributed by atoms with Crippen LogP contribution in [-0.4, -0.2) is 29.4 Å². The van der Waals surface area contributed by atoms with E-state index in [4.69, 9.17) is 9.47 Å². The number of halogens is 1. The summed E-state index contributed by atoms with van der Waals surface area (Å²) < 4.78 is 25.4. The molecular weight excluding hydrogens is 521 g/mol. The Morgan fingerprint density at radius 2 is 1.85 bits per heavy atom. The molecule has 11 heteroatoms. The van der Waals surface area contributed by atoms with Crippen LogP contribution in [0.2, 0.25) is 0 Å². The molecule has 3 aromatic rings. The highest BCUT2D eigenvalue weighted by atomic mass is 19.1. The van der Waals surface area contributed by atoms with Crippen molar-refractivity contribution in [3.8, 4) is 11.5 Å². The number of barbiturate groups is 1. The quantitative estimate of drug-likeness (QED) is 0.123. The highest BCUT2D eigenvalue weighted by Crippen LogP contribution is 2.36. The molecular formula is C29H24FN3O7. The lowest BCUT2D eigenvalue weighted by molar-refractivity contribution is -0.384. The summed E-state index contributed by atoms with van der Waals surface area (Å²) in [6.45, 7) is 5.88. The summed E-state index contributed by atoms with van der Waals surface area (Å²) in [4.78, 5) is 49.7. The summed E-state index contributed by atoms with van der Waals surface area (Å²) in [7, 11) is 0. The first-order chi connectivity index (χ1) is 19.2. The number of urea groups is 1. The maximum atomic E-state index is 13.6. The van der Waals surface area contributed by atoms with Crippen molar-refractivity contribution >= 4 is 35.3 Å². The number of carbonyl (C=O) groups excluding carboxylic acids is 3. The molecule has 0 saturated carbocycles. The molecule has 1 heterocycles. The molecule has 0 atom stereocenters. The van der Waals surface area contributed by atoms with E-state index >= 15 is 0 Å². The molecule has 10 nitrogen and oxygen atoms in total. The molecule has 0 radical (unpaired) electrons. The summed E-state index contributed by atoms with van der Waals surface area (Å²) >= 11 is 0. The van der Waals surface area contributed by atoms with Gasteiger partial charge in [0.05, 0.1) is 17.2 Å². The van der Waals surface area contributed by atoms with Gasteiger partial charge >= 0.3 is 6.03 Å². The van der Waals surface area contributed by atoms with Crippen molar-refractivity contribution in [1.82, 2.24) is 5.32 Å². The topological polar surface area (TPSA) is 128 Å². The van der Waals surface area contributed by atoms with Crippen molar-refractivity contribution in [1.29, 1.82) is 0 Å². The maximum absolute atomic E-state index is 13.6. The molecule has 0 aliphatic carbocycles. The zero-order valence-corrected chi connectivity index (χ0v) is 21.4. The first-order valence-corrected chi connectivity index (χ1v) is 12.2. The fourth-order valence-corrected chi connectivity index (χ4v) is 4.09. The minimum absolute atomic E-state index is 0.0591. The Morgan fingerprint density at radius 1 is 1.07 bits per heavy atom. The molecule has 0 unspecified atom stereocenters. The number of benzene rings is 3. The van der Waals surface area contributed by atoms with E-state index in [9.17, 15) is 28.9 Å². The van der Waals surface area contributed by atoms with Gasteiger partial charge < -0.3 is 9.47 Å². The fourth-order valence-electron chi connectivity index (χ4n) is 4.09. The number of nitrogens with one attached hydrogen (secondary N) is 1. The average Bonchev–Trinajstić information content (AvgIpc) is 2.91. The molecule has 3 aromatic carbocycles. The van der Waals surface area contributed by atoms with E-state index in [1.807, 2.05) is 0 Å². The lowest BCUT2D eigenvalue weighted by atomic mass is 10.0. The number of imide groups is 2. The van der Waals surface area contributed by atoms with Gasteiger partial charge in [-0.15, -0.1) is 6.58 Å².